The molecular weight excluding hydrogens is 148 g/mol. The first-order valence-electron chi connectivity index (χ1n) is 4.79. The van der Waals surface area contributed by atoms with Gasteiger partial charge in [-0.2, -0.15) is 0 Å². The van der Waals surface area contributed by atoms with Crippen molar-refractivity contribution in [3.05, 3.63) is 11.6 Å². The van der Waals surface area contributed by atoms with Crippen molar-refractivity contribution in [2.75, 3.05) is 0 Å². The molecule has 0 aromatic carbocycles. The highest BCUT2D eigenvalue weighted by molar-refractivity contribution is 5.16. The minimum absolute atomic E-state index is 0.206. The van der Waals surface area contributed by atoms with Crippen LogP contribution in [0.4, 0.5) is 0 Å². The fourth-order valence-electron chi connectivity index (χ4n) is 1.80. The second kappa shape index (κ2) is 3.21. The van der Waals surface area contributed by atoms with Crippen molar-refractivity contribution in [1.82, 2.24) is 0 Å². The van der Waals surface area contributed by atoms with Crippen LogP contribution in [0, 0.1) is 11.3 Å². The monoisotopic (exact) mass is 168 g/mol. The van der Waals surface area contributed by atoms with Crippen LogP contribution in [-0.4, -0.2) is 11.2 Å². The Morgan fingerprint density at radius 2 is 2.00 bits per heavy atom. The summed E-state index contributed by atoms with van der Waals surface area (Å²) >= 11 is 0. The van der Waals surface area contributed by atoms with E-state index in [1.54, 1.807) is 0 Å². The van der Waals surface area contributed by atoms with E-state index in [2.05, 4.69) is 27.7 Å². The maximum absolute atomic E-state index is 9.54. The summed E-state index contributed by atoms with van der Waals surface area (Å²) in [6, 6.07) is 0. The van der Waals surface area contributed by atoms with Crippen LogP contribution in [0.15, 0.2) is 11.6 Å². The summed E-state index contributed by atoms with van der Waals surface area (Å²) in [6.45, 7) is 8.85. The number of hydrogen-bond acceptors (Lipinski definition) is 1. The second-order valence-electron chi connectivity index (χ2n) is 5.05. The van der Waals surface area contributed by atoms with Crippen LogP contribution < -0.4 is 0 Å². The van der Waals surface area contributed by atoms with Crippen LogP contribution in [0.3, 0.4) is 0 Å². The normalized spacial score (nSPS) is 31.6. The lowest BCUT2D eigenvalue weighted by molar-refractivity contribution is 0.174. The Morgan fingerprint density at radius 1 is 1.42 bits per heavy atom. The molecule has 12 heavy (non-hydrogen) atoms. The second-order valence-corrected chi connectivity index (χ2v) is 5.05. The average Bonchev–Trinajstić information content (AvgIpc) is 1.82. The molecule has 2 atom stereocenters. The zero-order chi connectivity index (χ0) is 9.35. The first-order valence-corrected chi connectivity index (χ1v) is 4.79. The molecule has 70 valence electrons. The number of aliphatic hydroxyl groups excluding tert-OH is 1. The van der Waals surface area contributed by atoms with Gasteiger partial charge >= 0.3 is 0 Å². The molecule has 0 bridgehead atoms. The standard InChI is InChI=1S/C11H20O/c1-8-5-9(11(2,3)4)7-10(12)6-8/h7-8,10,12H,5-6H2,1-4H3. The molecule has 1 nitrogen and oxygen atoms in total. The van der Waals surface area contributed by atoms with Gasteiger partial charge in [0.1, 0.15) is 0 Å². The van der Waals surface area contributed by atoms with Gasteiger partial charge in [0.05, 0.1) is 6.10 Å². The molecule has 0 aromatic rings. The Hall–Kier alpha value is -0.300. The molecule has 0 amide bonds. The molecule has 2 unspecified atom stereocenters. The van der Waals surface area contributed by atoms with Crippen molar-refractivity contribution < 1.29 is 5.11 Å². The van der Waals surface area contributed by atoms with Gasteiger partial charge in [-0.15, -0.1) is 0 Å². The van der Waals surface area contributed by atoms with Gasteiger partial charge in [-0.3, -0.25) is 0 Å². The first kappa shape index (κ1) is 9.79. The predicted molar refractivity (Wildman–Crippen MR) is 51.9 cm³/mol. The van der Waals surface area contributed by atoms with E-state index in [4.69, 9.17) is 0 Å². The van der Waals surface area contributed by atoms with Gasteiger partial charge in [-0.25, -0.2) is 0 Å². The number of aliphatic hydroxyl groups is 1. The Labute approximate surface area is 75.5 Å². The molecule has 1 heteroatoms. The van der Waals surface area contributed by atoms with E-state index < -0.39 is 0 Å². The molecule has 1 N–H and O–H groups in total. The van der Waals surface area contributed by atoms with Crippen LogP contribution >= 0.6 is 0 Å². The molecule has 0 radical (unpaired) electrons. The van der Waals surface area contributed by atoms with Crippen molar-refractivity contribution in [1.29, 1.82) is 0 Å². The van der Waals surface area contributed by atoms with Crippen molar-refractivity contribution in [2.45, 2.75) is 46.6 Å². The Morgan fingerprint density at radius 3 is 2.42 bits per heavy atom. The number of allylic oxidation sites excluding steroid dienone is 1. The van der Waals surface area contributed by atoms with E-state index in [0.717, 1.165) is 12.8 Å². The minimum Gasteiger partial charge on any atom is -0.389 e. The molecule has 0 aromatic heterocycles. The number of rotatable bonds is 0. The Kier molecular flexibility index (Phi) is 2.62. The fraction of sp³-hybridized carbons (Fsp3) is 0.818. The summed E-state index contributed by atoms with van der Waals surface area (Å²) in [4.78, 5) is 0. The van der Waals surface area contributed by atoms with Gasteiger partial charge < -0.3 is 5.11 Å². The fourth-order valence-corrected chi connectivity index (χ4v) is 1.80. The lowest BCUT2D eigenvalue weighted by Gasteiger charge is -2.31. The Bertz CT molecular complexity index is 186. The van der Waals surface area contributed by atoms with Crippen LogP contribution in [0.2, 0.25) is 0 Å². The van der Waals surface area contributed by atoms with E-state index in [1.807, 2.05) is 6.08 Å². The van der Waals surface area contributed by atoms with Crippen LogP contribution in [0.1, 0.15) is 40.5 Å². The highest BCUT2D eigenvalue weighted by atomic mass is 16.3. The van der Waals surface area contributed by atoms with Gasteiger partial charge in [0, 0.05) is 0 Å². The molecule has 0 saturated heterocycles. The molecule has 0 aliphatic heterocycles. The van der Waals surface area contributed by atoms with Crippen molar-refractivity contribution in [3.8, 4) is 0 Å². The van der Waals surface area contributed by atoms with Crippen LogP contribution in [0.25, 0.3) is 0 Å². The largest absolute Gasteiger partial charge is 0.389 e. The molecule has 0 saturated carbocycles. The highest BCUT2D eigenvalue weighted by Crippen LogP contribution is 2.35. The lowest BCUT2D eigenvalue weighted by atomic mass is 9.76. The van der Waals surface area contributed by atoms with Crippen LogP contribution in [-0.2, 0) is 0 Å². The van der Waals surface area contributed by atoms with Gasteiger partial charge in [0.2, 0.25) is 0 Å². The Balaban J connectivity index is 2.77. The maximum atomic E-state index is 9.54. The van der Waals surface area contributed by atoms with E-state index >= 15 is 0 Å². The first-order chi connectivity index (χ1) is 5.39. The molecule has 0 spiro atoms. The molecule has 1 rings (SSSR count). The lowest BCUT2D eigenvalue weighted by Crippen LogP contribution is -2.22. The van der Waals surface area contributed by atoms with Crippen molar-refractivity contribution in [3.63, 3.8) is 0 Å². The van der Waals surface area contributed by atoms with Gasteiger partial charge in [-0.1, -0.05) is 39.3 Å². The third-order valence-corrected chi connectivity index (χ3v) is 2.57. The van der Waals surface area contributed by atoms with E-state index in [0.29, 0.717) is 5.92 Å². The van der Waals surface area contributed by atoms with Crippen molar-refractivity contribution >= 4 is 0 Å². The highest BCUT2D eigenvalue weighted by Gasteiger charge is 2.24. The maximum Gasteiger partial charge on any atom is 0.0726 e. The zero-order valence-electron chi connectivity index (χ0n) is 8.59. The third kappa shape index (κ3) is 2.34. The van der Waals surface area contributed by atoms with Gasteiger partial charge in [-0.05, 0) is 24.2 Å². The molecule has 1 aliphatic carbocycles. The molecule has 0 heterocycles. The zero-order valence-corrected chi connectivity index (χ0v) is 8.59. The summed E-state index contributed by atoms with van der Waals surface area (Å²) in [6.07, 6.45) is 3.92. The summed E-state index contributed by atoms with van der Waals surface area (Å²) < 4.78 is 0. The summed E-state index contributed by atoms with van der Waals surface area (Å²) in [7, 11) is 0. The minimum atomic E-state index is -0.206. The summed E-state index contributed by atoms with van der Waals surface area (Å²) in [5.41, 5.74) is 1.64. The topological polar surface area (TPSA) is 20.2 Å². The molecule has 0 fully saturated rings. The van der Waals surface area contributed by atoms with Gasteiger partial charge in [0.25, 0.3) is 0 Å². The molecule has 1 aliphatic rings. The third-order valence-electron chi connectivity index (χ3n) is 2.57. The van der Waals surface area contributed by atoms with E-state index in [-0.39, 0.29) is 11.5 Å². The van der Waals surface area contributed by atoms with E-state index in [1.165, 1.54) is 5.57 Å². The predicted octanol–water partition coefficient (Wildman–Crippen LogP) is 2.75. The quantitative estimate of drug-likeness (QED) is 0.551. The average molecular weight is 168 g/mol. The van der Waals surface area contributed by atoms with E-state index in [9.17, 15) is 5.11 Å². The van der Waals surface area contributed by atoms with Crippen molar-refractivity contribution in [2.24, 2.45) is 11.3 Å². The summed E-state index contributed by atoms with van der Waals surface area (Å²) in [5.74, 6) is 0.638. The van der Waals surface area contributed by atoms with Crippen LogP contribution in [0.5, 0.6) is 0 Å². The molecular formula is C11H20O. The smallest absolute Gasteiger partial charge is 0.0726 e. The SMILES string of the molecule is CC1CC(C(C)(C)C)=CC(O)C1. The number of hydrogen-bond donors (Lipinski definition) is 1. The summed E-state index contributed by atoms with van der Waals surface area (Å²) in [5, 5.41) is 9.54. The van der Waals surface area contributed by atoms with Gasteiger partial charge in [0.15, 0.2) is 0 Å².